The number of rotatable bonds is 4. The molecule has 0 fully saturated rings. The van der Waals surface area contributed by atoms with Crippen LogP contribution in [0.3, 0.4) is 0 Å². The highest BCUT2D eigenvalue weighted by Gasteiger charge is 2.12. The molecule has 0 saturated carbocycles. The predicted octanol–water partition coefficient (Wildman–Crippen LogP) is 2.18. The van der Waals surface area contributed by atoms with E-state index in [1.165, 1.54) is 0 Å². The molecule has 1 N–H and O–H groups in total. The van der Waals surface area contributed by atoms with Crippen LogP contribution in [0.2, 0.25) is 0 Å². The molecule has 2 aromatic rings. The Hall–Kier alpha value is -1.91. The molecule has 2 rings (SSSR count). The van der Waals surface area contributed by atoms with Crippen LogP contribution in [0.15, 0.2) is 12.5 Å². The number of aromatic nitrogens is 4. The minimum absolute atomic E-state index is 0.730. The Morgan fingerprint density at radius 2 is 2.06 bits per heavy atom. The largest absolute Gasteiger partial charge is 0.370 e. The number of aryl methyl sites for hydroxylation is 2. The highest BCUT2D eigenvalue weighted by Crippen LogP contribution is 2.21. The lowest BCUT2D eigenvalue weighted by Gasteiger charge is -2.12. The first-order valence-electron chi connectivity index (χ1n) is 6.25. The molecule has 0 aliphatic rings. The van der Waals surface area contributed by atoms with Gasteiger partial charge in [0.05, 0.1) is 12.5 Å². The van der Waals surface area contributed by atoms with E-state index in [0.29, 0.717) is 0 Å². The molecule has 0 aliphatic carbocycles. The second kappa shape index (κ2) is 5.16. The molecule has 5 heteroatoms. The lowest BCUT2D eigenvalue weighted by atomic mass is 10.2. The summed E-state index contributed by atoms with van der Waals surface area (Å²) in [6.45, 7) is 7.09. The number of hydrogen-bond donors (Lipinski definition) is 1. The molecular formula is C13H19N5. The maximum Gasteiger partial charge on any atom is 0.180 e. The van der Waals surface area contributed by atoms with Crippen molar-refractivity contribution in [3.8, 4) is 11.5 Å². The summed E-state index contributed by atoms with van der Waals surface area (Å²) in [5, 5.41) is 3.29. The van der Waals surface area contributed by atoms with Crippen molar-refractivity contribution in [1.29, 1.82) is 0 Å². The van der Waals surface area contributed by atoms with E-state index in [9.17, 15) is 0 Å². The van der Waals surface area contributed by atoms with Crippen molar-refractivity contribution in [3.05, 3.63) is 23.8 Å². The lowest BCUT2D eigenvalue weighted by molar-refractivity contribution is 0.895. The fourth-order valence-corrected chi connectivity index (χ4v) is 1.93. The van der Waals surface area contributed by atoms with Crippen LogP contribution in [0.5, 0.6) is 0 Å². The van der Waals surface area contributed by atoms with Crippen molar-refractivity contribution in [2.45, 2.75) is 27.2 Å². The molecule has 0 spiro atoms. The Bertz CT molecular complexity index is 544. The SMILES string of the molecule is CCNc1nc(-c2cncn2C)nc(CC)c1C. The van der Waals surface area contributed by atoms with Crippen LogP contribution in [-0.4, -0.2) is 26.1 Å². The van der Waals surface area contributed by atoms with Gasteiger partial charge < -0.3 is 9.88 Å². The minimum Gasteiger partial charge on any atom is -0.370 e. The number of anilines is 1. The molecule has 0 unspecified atom stereocenters. The van der Waals surface area contributed by atoms with Gasteiger partial charge in [-0.25, -0.2) is 15.0 Å². The first kappa shape index (κ1) is 12.5. The molecule has 0 saturated heterocycles. The molecule has 0 aromatic carbocycles. The third-order valence-corrected chi connectivity index (χ3v) is 2.97. The van der Waals surface area contributed by atoms with Gasteiger partial charge in [0.1, 0.15) is 11.5 Å². The number of imidazole rings is 1. The summed E-state index contributed by atoms with van der Waals surface area (Å²) in [6, 6.07) is 0. The van der Waals surface area contributed by atoms with Crippen molar-refractivity contribution >= 4 is 5.82 Å². The van der Waals surface area contributed by atoms with Gasteiger partial charge in [-0.15, -0.1) is 0 Å². The highest BCUT2D eigenvalue weighted by atomic mass is 15.1. The fraction of sp³-hybridized carbons (Fsp3) is 0.462. The van der Waals surface area contributed by atoms with Crippen molar-refractivity contribution in [2.75, 3.05) is 11.9 Å². The Morgan fingerprint density at radius 3 is 2.61 bits per heavy atom. The minimum atomic E-state index is 0.730. The zero-order valence-corrected chi connectivity index (χ0v) is 11.4. The topological polar surface area (TPSA) is 55.6 Å². The maximum absolute atomic E-state index is 4.63. The van der Waals surface area contributed by atoms with Gasteiger partial charge in [0, 0.05) is 24.8 Å². The summed E-state index contributed by atoms with van der Waals surface area (Å²) in [5.41, 5.74) is 3.14. The van der Waals surface area contributed by atoms with Gasteiger partial charge >= 0.3 is 0 Å². The average Bonchev–Trinajstić information content (AvgIpc) is 2.78. The van der Waals surface area contributed by atoms with E-state index in [1.807, 2.05) is 11.6 Å². The van der Waals surface area contributed by atoms with E-state index < -0.39 is 0 Å². The molecule has 18 heavy (non-hydrogen) atoms. The van der Waals surface area contributed by atoms with Gasteiger partial charge in [0.15, 0.2) is 5.82 Å². The Labute approximate surface area is 107 Å². The van der Waals surface area contributed by atoms with Crippen LogP contribution in [0.25, 0.3) is 11.5 Å². The van der Waals surface area contributed by atoms with Gasteiger partial charge in [-0.05, 0) is 20.3 Å². The van der Waals surface area contributed by atoms with Gasteiger partial charge in [-0.3, -0.25) is 0 Å². The smallest absolute Gasteiger partial charge is 0.180 e. The van der Waals surface area contributed by atoms with Crippen molar-refractivity contribution < 1.29 is 0 Å². The fourth-order valence-electron chi connectivity index (χ4n) is 1.93. The monoisotopic (exact) mass is 245 g/mol. The molecule has 0 radical (unpaired) electrons. The van der Waals surface area contributed by atoms with E-state index in [4.69, 9.17) is 0 Å². The van der Waals surface area contributed by atoms with Crippen molar-refractivity contribution in [2.24, 2.45) is 7.05 Å². The van der Waals surface area contributed by atoms with E-state index in [2.05, 4.69) is 41.0 Å². The van der Waals surface area contributed by atoms with E-state index in [-0.39, 0.29) is 0 Å². The molecule has 0 amide bonds. The van der Waals surface area contributed by atoms with Crippen LogP contribution in [0.4, 0.5) is 5.82 Å². The van der Waals surface area contributed by atoms with Gasteiger partial charge in [-0.2, -0.15) is 0 Å². The van der Waals surface area contributed by atoms with E-state index in [1.54, 1.807) is 12.5 Å². The third kappa shape index (κ3) is 2.20. The van der Waals surface area contributed by atoms with Crippen LogP contribution in [-0.2, 0) is 13.5 Å². The summed E-state index contributed by atoms with van der Waals surface area (Å²) >= 11 is 0. The Morgan fingerprint density at radius 1 is 1.28 bits per heavy atom. The second-order valence-corrected chi connectivity index (χ2v) is 4.24. The Balaban J connectivity index is 2.55. The molecule has 0 aliphatic heterocycles. The number of nitrogens with zero attached hydrogens (tertiary/aromatic N) is 4. The van der Waals surface area contributed by atoms with Crippen LogP contribution in [0.1, 0.15) is 25.1 Å². The van der Waals surface area contributed by atoms with Crippen LogP contribution in [0, 0.1) is 6.92 Å². The first-order valence-corrected chi connectivity index (χ1v) is 6.25. The van der Waals surface area contributed by atoms with E-state index in [0.717, 1.165) is 41.6 Å². The normalized spacial score (nSPS) is 10.7. The van der Waals surface area contributed by atoms with Gasteiger partial charge in [-0.1, -0.05) is 6.92 Å². The lowest BCUT2D eigenvalue weighted by Crippen LogP contribution is -2.08. The molecule has 96 valence electrons. The molecule has 0 bridgehead atoms. The molecule has 0 atom stereocenters. The number of nitrogens with one attached hydrogen (secondary N) is 1. The van der Waals surface area contributed by atoms with Gasteiger partial charge in [0.2, 0.25) is 0 Å². The zero-order valence-electron chi connectivity index (χ0n) is 11.4. The first-order chi connectivity index (χ1) is 8.67. The van der Waals surface area contributed by atoms with Crippen LogP contribution < -0.4 is 5.32 Å². The molecule has 2 heterocycles. The van der Waals surface area contributed by atoms with Gasteiger partial charge in [0.25, 0.3) is 0 Å². The maximum atomic E-state index is 4.63. The molecular weight excluding hydrogens is 226 g/mol. The van der Waals surface area contributed by atoms with Crippen molar-refractivity contribution in [1.82, 2.24) is 19.5 Å². The summed E-state index contributed by atoms with van der Waals surface area (Å²) in [5.74, 6) is 1.65. The summed E-state index contributed by atoms with van der Waals surface area (Å²) in [4.78, 5) is 13.3. The summed E-state index contributed by atoms with van der Waals surface area (Å²) in [6.07, 6.45) is 4.45. The standard InChI is InChI=1S/C13H19N5/c1-5-10-9(3)12(15-6-2)17-13(16-10)11-7-14-8-18(11)4/h7-8H,5-6H2,1-4H3,(H,15,16,17). The Kier molecular flexibility index (Phi) is 3.60. The number of hydrogen-bond acceptors (Lipinski definition) is 4. The van der Waals surface area contributed by atoms with E-state index >= 15 is 0 Å². The predicted molar refractivity (Wildman–Crippen MR) is 72.5 cm³/mol. The third-order valence-electron chi connectivity index (χ3n) is 2.97. The zero-order chi connectivity index (χ0) is 13.1. The quantitative estimate of drug-likeness (QED) is 0.897. The van der Waals surface area contributed by atoms with Crippen molar-refractivity contribution in [3.63, 3.8) is 0 Å². The van der Waals surface area contributed by atoms with Crippen LogP contribution >= 0.6 is 0 Å². The molecule has 5 nitrogen and oxygen atoms in total. The molecule has 2 aromatic heterocycles. The second-order valence-electron chi connectivity index (χ2n) is 4.24. The average molecular weight is 245 g/mol. The summed E-state index contributed by atoms with van der Waals surface area (Å²) in [7, 11) is 1.95. The highest BCUT2D eigenvalue weighted by molar-refractivity contribution is 5.56. The summed E-state index contributed by atoms with van der Waals surface area (Å²) < 4.78 is 1.93.